The summed E-state index contributed by atoms with van der Waals surface area (Å²) in [7, 11) is 2.18. The summed E-state index contributed by atoms with van der Waals surface area (Å²) in [5.74, 6) is -0.398. The number of likely N-dealkylation sites (tertiary alicyclic amines) is 1. The zero-order valence-corrected chi connectivity index (χ0v) is 26.7. The van der Waals surface area contributed by atoms with Crippen molar-refractivity contribution in [3.05, 3.63) is 52.3 Å². The molecule has 9 nitrogen and oxygen atoms in total. The van der Waals surface area contributed by atoms with Gasteiger partial charge in [0, 0.05) is 30.7 Å². The number of halogens is 1. The number of piperidine rings is 1. The molecule has 2 amide bonds. The van der Waals surface area contributed by atoms with Crippen LogP contribution < -0.4 is 10.1 Å². The second-order valence-corrected chi connectivity index (χ2v) is 14.0. The van der Waals surface area contributed by atoms with E-state index in [4.69, 9.17) is 14.2 Å². The Bertz CT molecular complexity index is 1520. The molecule has 3 heterocycles. The molecule has 2 aromatic rings. The highest BCUT2D eigenvalue weighted by molar-refractivity contribution is 5.82. The summed E-state index contributed by atoms with van der Waals surface area (Å²) < 4.78 is 33.2. The average Bonchev–Trinajstić information content (AvgIpc) is 3.17. The standard InChI is InChI=1S/C35H43FN4O5/c1-34(2,3)45-33(42)40-12-5-15-43-30(20-40)32(41)38-24(19-37)16-23-17-29-26(18-28(23)36)25-7-6-22-8-9-35(10-13-39(4)14-11-35)31(22)27(25)21-44-29/h6-7,17-18,24,30H,5,8-16,20-21H2,1-4H3,(H,38,41)/t24?,30-/m0/s1. The number of amides is 2. The van der Waals surface area contributed by atoms with Crippen molar-refractivity contribution in [2.24, 2.45) is 0 Å². The molecule has 4 aliphatic rings. The van der Waals surface area contributed by atoms with Gasteiger partial charge in [0.05, 0.1) is 12.6 Å². The third kappa shape index (κ3) is 6.38. The first kappa shape index (κ1) is 31.3. The maximum absolute atomic E-state index is 15.7. The van der Waals surface area contributed by atoms with Crippen LogP contribution in [0.1, 0.15) is 68.7 Å². The largest absolute Gasteiger partial charge is 0.488 e. The predicted octanol–water partition coefficient (Wildman–Crippen LogP) is 4.87. The third-order valence-corrected chi connectivity index (χ3v) is 9.68. The maximum Gasteiger partial charge on any atom is 0.410 e. The normalized spacial score (nSPS) is 21.4. The van der Waals surface area contributed by atoms with E-state index >= 15 is 4.39 Å². The fourth-order valence-electron chi connectivity index (χ4n) is 7.33. The summed E-state index contributed by atoms with van der Waals surface area (Å²) in [5, 5.41) is 12.6. The Morgan fingerprint density at radius 1 is 1.18 bits per heavy atom. The van der Waals surface area contributed by atoms with E-state index in [0.29, 0.717) is 25.3 Å². The zero-order chi connectivity index (χ0) is 31.9. The van der Waals surface area contributed by atoms with Crippen LogP contribution >= 0.6 is 0 Å². The minimum absolute atomic E-state index is 0.00103. The van der Waals surface area contributed by atoms with Gasteiger partial charge < -0.3 is 29.3 Å². The van der Waals surface area contributed by atoms with E-state index < -0.39 is 35.6 Å². The first-order chi connectivity index (χ1) is 21.5. The Hall–Kier alpha value is -3.68. The van der Waals surface area contributed by atoms with E-state index in [0.717, 1.165) is 49.9 Å². The molecule has 45 heavy (non-hydrogen) atoms. The summed E-state index contributed by atoms with van der Waals surface area (Å²) in [5.41, 5.74) is 5.51. The van der Waals surface area contributed by atoms with Gasteiger partial charge in [-0.3, -0.25) is 4.79 Å². The number of fused-ring (bicyclic) bond motifs is 6. The Labute approximate surface area is 264 Å². The van der Waals surface area contributed by atoms with Crippen molar-refractivity contribution in [3.8, 4) is 22.9 Å². The highest BCUT2D eigenvalue weighted by Crippen LogP contribution is 2.52. The zero-order valence-electron chi connectivity index (χ0n) is 26.7. The molecular formula is C35H43FN4O5. The van der Waals surface area contributed by atoms with Crippen LogP contribution in [0.4, 0.5) is 9.18 Å². The number of nitrogens with zero attached hydrogens (tertiary/aromatic N) is 3. The molecule has 6 rings (SSSR count). The Morgan fingerprint density at radius 3 is 2.69 bits per heavy atom. The lowest BCUT2D eigenvalue weighted by Crippen LogP contribution is -2.48. The van der Waals surface area contributed by atoms with Gasteiger partial charge in [0.2, 0.25) is 0 Å². The monoisotopic (exact) mass is 618 g/mol. The summed E-state index contributed by atoms with van der Waals surface area (Å²) in [6, 6.07) is 8.57. The van der Waals surface area contributed by atoms with Gasteiger partial charge in [0.25, 0.3) is 5.91 Å². The lowest BCUT2D eigenvalue weighted by molar-refractivity contribution is -0.133. The molecule has 10 heteroatoms. The van der Waals surface area contributed by atoms with Gasteiger partial charge in [-0.25, -0.2) is 9.18 Å². The molecule has 240 valence electrons. The van der Waals surface area contributed by atoms with E-state index in [9.17, 15) is 14.9 Å². The van der Waals surface area contributed by atoms with Crippen molar-refractivity contribution in [1.82, 2.24) is 15.1 Å². The van der Waals surface area contributed by atoms with E-state index in [1.54, 1.807) is 26.8 Å². The van der Waals surface area contributed by atoms with Crippen molar-refractivity contribution >= 4 is 12.0 Å². The lowest BCUT2D eigenvalue weighted by atomic mass is 9.71. The quantitative estimate of drug-likeness (QED) is 0.522. The minimum atomic E-state index is -1.00. The molecule has 1 unspecified atom stereocenters. The van der Waals surface area contributed by atoms with E-state index in [1.165, 1.54) is 27.7 Å². The van der Waals surface area contributed by atoms with Crippen LogP contribution in [0.25, 0.3) is 11.1 Å². The number of carbonyl (C=O) groups is 2. The summed E-state index contributed by atoms with van der Waals surface area (Å²) >= 11 is 0. The number of rotatable bonds is 4. The van der Waals surface area contributed by atoms with Crippen molar-refractivity contribution in [1.29, 1.82) is 5.26 Å². The average molecular weight is 619 g/mol. The van der Waals surface area contributed by atoms with Gasteiger partial charge in [-0.15, -0.1) is 0 Å². The number of carbonyl (C=O) groups excluding carboxylic acids is 2. The van der Waals surface area contributed by atoms with Gasteiger partial charge in [-0.05, 0) is 113 Å². The van der Waals surface area contributed by atoms with Gasteiger partial charge >= 0.3 is 6.09 Å². The highest BCUT2D eigenvalue weighted by Gasteiger charge is 2.43. The summed E-state index contributed by atoms with van der Waals surface area (Å²) in [6.45, 7) is 8.60. The van der Waals surface area contributed by atoms with Crippen molar-refractivity contribution in [2.45, 2.75) is 89.1 Å². The smallest absolute Gasteiger partial charge is 0.410 e. The number of hydrogen-bond donors (Lipinski definition) is 1. The molecule has 0 radical (unpaired) electrons. The molecule has 0 bridgehead atoms. The Morgan fingerprint density at radius 2 is 1.96 bits per heavy atom. The molecule has 1 aliphatic carbocycles. The first-order valence-corrected chi connectivity index (χ1v) is 16.1. The molecule has 2 atom stereocenters. The molecule has 0 aromatic heterocycles. The number of hydrogen-bond acceptors (Lipinski definition) is 7. The van der Waals surface area contributed by atoms with Crippen LogP contribution in [-0.4, -0.2) is 79.4 Å². The molecule has 0 saturated carbocycles. The van der Waals surface area contributed by atoms with E-state index in [-0.39, 0.29) is 30.6 Å². The predicted molar refractivity (Wildman–Crippen MR) is 166 cm³/mol. The molecule has 3 aliphatic heterocycles. The van der Waals surface area contributed by atoms with Crippen LogP contribution in [0, 0.1) is 17.1 Å². The topological polar surface area (TPSA) is 104 Å². The van der Waals surface area contributed by atoms with Gasteiger partial charge in [0.1, 0.15) is 29.8 Å². The van der Waals surface area contributed by atoms with Gasteiger partial charge in [0.15, 0.2) is 6.10 Å². The van der Waals surface area contributed by atoms with Crippen LogP contribution in [0.5, 0.6) is 5.75 Å². The van der Waals surface area contributed by atoms with Crippen molar-refractivity contribution in [2.75, 3.05) is 39.8 Å². The molecular weight excluding hydrogens is 575 g/mol. The first-order valence-electron chi connectivity index (χ1n) is 16.1. The highest BCUT2D eigenvalue weighted by atomic mass is 19.1. The second kappa shape index (κ2) is 12.3. The molecule has 2 saturated heterocycles. The fourth-order valence-corrected chi connectivity index (χ4v) is 7.33. The van der Waals surface area contributed by atoms with Crippen molar-refractivity contribution < 1.29 is 28.2 Å². The van der Waals surface area contributed by atoms with E-state index in [2.05, 4.69) is 35.5 Å². The van der Waals surface area contributed by atoms with Crippen LogP contribution in [-0.2, 0) is 39.1 Å². The number of nitriles is 1. The number of nitrogens with one attached hydrogen (secondary N) is 1. The van der Waals surface area contributed by atoms with E-state index in [1.807, 2.05) is 0 Å². The summed E-state index contributed by atoms with van der Waals surface area (Å²) in [6.07, 6.45) is 3.48. The molecule has 2 aromatic carbocycles. The number of aryl methyl sites for hydroxylation is 1. The second-order valence-electron chi connectivity index (χ2n) is 14.0. The number of ether oxygens (including phenoxy) is 3. The van der Waals surface area contributed by atoms with Crippen LogP contribution in [0.3, 0.4) is 0 Å². The molecule has 1 N–H and O–H groups in total. The van der Waals surface area contributed by atoms with Crippen molar-refractivity contribution in [3.63, 3.8) is 0 Å². The Kier molecular flexibility index (Phi) is 8.53. The number of benzene rings is 2. The third-order valence-electron chi connectivity index (χ3n) is 9.68. The lowest BCUT2D eigenvalue weighted by Gasteiger charge is -2.40. The Balaban J connectivity index is 1.17. The SMILES string of the molecule is CN1CCC2(CCc3ccc4c(c32)COc2cc(CC(C#N)NC(=O)[C@@H]3CN(C(=O)OC(C)(C)C)CCCO3)c(F)cc2-4)CC1. The fraction of sp³-hybridized carbons (Fsp3) is 0.571. The minimum Gasteiger partial charge on any atom is -0.488 e. The maximum atomic E-state index is 15.7. The van der Waals surface area contributed by atoms with Gasteiger partial charge in [-0.2, -0.15) is 5.26 Å². The molecule has 2 fully saturated rings. The van der Waals surface area contributed by atoms with Crippen LogP contribution in [0.15, 0.2) is 24.3 Å². The summed E-state index contributed by atoms with van der Waals surface area (Å²) in [4.78, 5) is 29.7. The molecule has 1 spiro atoms. The van der Waals surface area contributed by atoms with Crippen LogP contribution in [0.2, 0.25) is 0 Å². The van der Waals surface area contributed by atoms with Gasteiger partial charge in [-0.1, -0.05) is 12.1 Å².